The Balaban J connectivity index is 2.17. The number of carbonyl (C=O) groups excluding carboxylic acids is 1. The van der Waals surface area contributed by atoms with E-state index in [1.54, 1.807) is 0 Å². The average Bonchev–Trinajstić information content (AvgIpc) is 2.47. The first kappa shape index (κ1) is 16.0. The third kappa shape index (κ3) is 5.21. The zero-order valence-electron chi connectivity index (χ0n) is 12.3. The summed E-state index contributed by atoms with van der Waals surface area (Å²) in [5.41, 5.74) is 1.90. The Morgan fingerprint density at radius 3 is 2.09 bits per heavy atom. The van der Waals surface area contributed by atoms with Gasteiger partial charge in [-0.1, -0.05) is 48.5 Å². The van der Waals surface area contributed by atoms with Crippen LogP contribution in [-0.2, 0) is 21.4 Å². The number of para-hydroxylation sites is 1. The van der Waals surface area contributed by atoms with E-state index in [1.165, 1.54) is 0 Å². The van der Waals surface area contributed by atoms with Crippen molar-refractivity contribution in [1.29, 1.82) is 0 Å². The molecule has 5 nitrogen and oxygen atoms in total. The SMILES string of the molecule is CS(=O)(=O)NC(=O)CN(Cc1ccccc1)c1ccccc1. The van der Waals surface area contributed by atoms with Gasteiger partial charge in [0.2, 0.25) is 10.0 Å². The van der Waals surface area contributed by atoms with Crippen molar-refractivity contribution in [3.8, 4) is 0 Å². The molecular formula is C16H18N2O3S. The molecule has 0 fully saturated rings. The standard InChI is InChI=1S/C16H18N2O3S/c1-22(20,21)17-16(19)13-18(15-10-6-3-7-11-15)12-14-8-4-2-5-9-14/h2-11H,12-13H2,1H3,(H,17,19). The first-order valence-corrected chi connectivity index (χ1v) is 8.68. The summed E-state index contributed by atoms with van der Waals surface area (Å²) < 4.78 is 24.3. The van der Waals surface area contributed by atoms with Crippen molar-refractivity contribution in [2.75, 3.05) is 17.7 Å². The van der Waals surface area contributed by atoms with Gasteiger partial charge in [-0.05, 0) is 17.7 Å². The molecular weight excluding hydrogens is 300 g/mol. The minimum absolute atomic E-state index is 0.0357. The summed E-state index contributed by atoms with van der Waals surface area (Å²) in [6.07, 6.45) is 0.967. The molecule has 0 radical (unpaired) electrons. The highest BCUT2D eigenvalue weighted by Gasteiger charge is 2.15. The number of nitrogens with zero attached hydrogens (tertiary/aromatic N) is 1. The van der Waals surface area contributed by atoms with Crippen LogP contribution in [0.4, 0.5) is 5.69 Å². The monoisotopic (exact) mass is 318 g/mol. The molecule has 1 N–H and O–H groups in total. The molecule has 2 rings (SSSR count). The molecule has 0 aromatic heterocycles. The summed E-state index contributed by atoms with van der Waals surface area (Å²) in [6, 6.07) is 19.1. The zero-order chi connectivity index (χ0) is 16.0. The molecule has 1 amide bonds. The van der Waals surface area contributed by atoms with Crippen LogP contribution in [0.25, 0.3) is 0 Å². The number of hydrogen-bond donors (Lipinski definition) is 1. The molecule has 0 aliphatic carbocycles. The molecule has 6 heteroatoms. The van der Waals surface area contributed by atoms with Gasteiger partial charge in [0, 0.05) is 12.2 Å². The highest BCUT2D eigenvalue weighted by atomic mass is 32.2. The summed E-state index contributed by atoms with van der Waals surface area (Å²) in [5, 5.41) is 0. The Labute approximate surface area is 130 Å². The van der Waals surface area contributed by atoms with Gasteiger partial charge in [-0.2, -0.15) is 0 Å². The second-order valence-corrected chi connectivity index (χ2v) is 6.72. The van der Waals surface area contributed by atoms with E-state index in [9.17, 15) is 13.2 Å². The number of rotatable bonds is 6. The Bertz CT molecular complexity index is 716. The van der Waals surface area contributed by atoms with Gasteiger partial charge in [-0.15, -0.1) is 0 Å². The van der Waals surface area contributed by atoms with E-state index in [4.69, 9.17) is 0 Å². The minimum atomic E-state index is -3.55. The van der Waals surface area contributed by atoms with E-state index in [1.807, 2.05) is 70.3 Å². The zero-order valence-corrected chi connectivity index (χ0v) is 13.1. The van der Waals surface area contributed by atoms with E-state index >= 15 is 0 Å². The molecule has 22 heavy (non-hydrogen) atoms. The smallest absolute Gasteiger partial charge is 0.252 e. The van der Waals surface area contributed by atoms with Crippen LogP contribution in [-0.4, -0.2) is 27.1 Å². The van der Waals surface area contributed by atoms with E-state index in [2.05, 4.69) is 0 Å². The van der Waals surface area contributed by atoms with Crippen molar-refractivity contribution in [2.24, 2.45) is 0 Å². The Hall–Kier alpha value is -2.34. The first-order valence-electron chi connectivity index (χ1n) is 6.78. The largest absolute Gasteiger partial charge is 0.358 e. The highest BCUT2D eigenvalue weighted by Crippen LogP contribution is 2.16. The molecule has 0 aliphatic rings. The van der Waals surface area contributed by atoms with Crippen molar-refractivity contribution < 1.29 is 13.2 Å². The number of benzene rings is 2. The molecule has 2 aromatic carbocycles. The lowest BCUT2D eigenvalue weighted by atomic mass is 10.2. The fraction of sp³-hybridized carbons (Fsp3) is 0.188. The number of hydrogen-bond acceptors (Lipinski definition) is 4. The fourth-order valence-corrected chi connectivity index (χ4v) is 2.57. The van der Waals surface area contributed by atoms with Gasteiger partial charge in [0.1, 0.15) is 0 Å². The third-order valence-electron chi connectivity index (χ3n) is 2.97. The van der Waals surface area contributed by atoms with E-state index in [0.717, 1.165) is 17.5 Å². The highest BCUT2D eigenvalue weighted by molar-refractivity contribution is 7.89. The normalized spacial score (nSPS) is 11.0. The van der Waals surface area contributed by atoms with Crippen LogP contribution in [0.2, 0.25) is 0 Å². The molecule has 0 saturated heterocycles. The molecule has 0 aliphatic heterocycles. The second kappa shape index (κ2) is 7.09. The van der Waals surface area contributed by atoms with Crippen LogP contribution in [0, 0.1) is 0 Å². The Morgan fingerprint density at radius 1 is 1.00 bits per heavy atom. The Morgan fingerprint density at radius 2 is 1.55 bits per heavy atom. The molecule has 2 aromatic rings. The summed E-state index contributed by atoms with van der Waals surface area (Å²) in [7, 11) is -3.55. The lowest BCUT2D eigenvalue weighted by Crippen LogP contribution is -2.39. The summed E-state index contributed by atoms with van der Waals surface area (Å²) in [6.45, 7) is 0.480. The number of nitrogens with one attached hydrogen (secondary N) is 1. The van der Waals surface area contributed by atoms with E-state index < -0.39 is 15.9 Å². The average molecular weight is 318 g/mol. The molecule has 0 saturated carbocycles. The maximum absolute atomic E-state index is 11.9. The molecule has 116 valence electrons. The quantitative estimate of drug-likeness (QED) is 0.881. The lowest BCUT2D eigenvalue weighted by Gasteiger charge is -2.24. The maximum atomic E-state index is 11.9. The van der Waals surface area contributed by atoms with Crippen LogP contribution in [0.15, 0.2) is 60.7 Å². The predicted molar refractivity (Wildman–Crippen MR) is 86.9 cm³/mol. The van der Waals surface area contributed by atoms with Crippen LogP contribution in [0.3, 0.4) is 0 Å². The van der Waals surface area contributed by atoms with Crippen LogP contribution >= 0.6 is 0 Å². The van der Waals surface area contributed by atoms with Gasteiger partial charge in [-0.3, -0.25) is 9.52 Å². The minimum Gasteiger partial charge on any atom is -0.358 e. The number of amides is 1. The first-order chi connectivity index (χ1) is 10.4. The summed E-state index contributed by atoms with van der Waals surface area (Å²) in [5.74, 6) is -0.553. The molecule has 0 atom stereocenters. The summed E-state index contributed by atoms with van der Waals surface area (Å²) in [4.78, 5) is 13.7. The van der Waals surface area contributed by atoms with Crippen LogP contribution in [0.1, 0.15) is 5.56 Å². The van der Waals surface area contributed by atoms with Gasteiger partial charge in [0.15, 0.2) is 0 Å². The fourth-order valence-electron chi connectivity index (χ4n) is 2.09. The van der Waals surface area contributed by atoms with Gasteiger partial charge in [0.25, 0.3) is 5.91 Å². The molecule has 0 heterocycles. The van der Waals surface area contributed by atoms with Gasteiger partial charge < -0.3 is 4.90 Å². The van der Waals surface area contributed by atoms with Gasteiger partial charge in [0.05, 0.1) is 12.8 Å². The van der Waals surface area contributed by atoms with Crippen molar-refractivity contribution >= 4 is 21.6 Å². The molecule has 0 bridgehead atoms. The van der Waals surface area contributed by atoms with E-state index in [-0.39, 0.29) is 6.54 Å². The predicted octanol–water partition coefficient (Wildman–Crippen LogP) is 1.77. The molecule has 0 spiro atoms. The van der Waals surface area contributed by atoms with Crippen molar-refractivity contribution in [1.82, 2.24) is 4.72 Å². The van der Waals surface area contributed by atoms with Gasteiger partial charge in [-0.25, -0.2) is 8.42 Å². The van der Waals surface area contributed by atoms with Gasteiger partial charge >= 0.3 is 0 Å². The van der Waals surface area contributed by atoms with E-state index in [0.29, 0.717) is 6.54 Å². The summed E-state index contributed by atoms with van der Waals surface area (Å²) >= 11 is 0. The lowest BCUT2D eigenvalue weighted by molar-refractivity contribution is -0.118. The number of anilines is 1. The van der Waals surface area contributed by atoms with Crippen molar-refractivity contribution in [3.05, 3.63) is 66.2 Å². The van der Waals surface area contributed by atoms with Crippen LogP contribution < -0.4 is 9.62 Å². The van der Waals surface area contributed by atoms with Crippen molar-refractivity contribution in [3.63, 3.8) is 0 Å². The maximum Gasteiger partial charge on any atom is 0.252 e. The molecule has 0 unspecified atom stereocenters. The third-order valence-corrected chi connectivity index (χ3v) is 3.57. The Kier molecular flexibility index (Phi) is 5.16. The van der Waals surface area contributed by atoms with Crippen LogP contribution in [0.5, 0.6) is 0 Å². The number of carbonyl (C=O) groups is 1. The topological polar surface area (TPSA) is 66.5 Å². The number of sulfonamides is 1. The van der Waals surface area contributed by atoms with Crippen molar-refractivity contribution in [2.45, 2.75) is 6.54 Å². The second-order valence-electron chi connectivity index (χ2n) is 4.97.